The van der Waals surface area contributed by atoms with Gasteiger partial charge in [-0.2, -0.15) is 0 Å². The third kappa shape index (κ3) is 4.93. The third-order valence-corrected chi connectivity index (χ3v) is 4.28. The van der Waals surface area contributed by atoms with Gasteiger partial charge < -0.3 is 15.4 Å². The van der Waals surface area contributed by atoms with Crippen molar-refractivity contribution < 1.29 is 4.74 Å². The number of ether oxygens (including phenoxy) is 1. The van der Waals surface area contributed by atoms with Crippen LogP contribution in [0.5, 0.6) is 5.75 Å². The molecule has 2 rings (SSSR count). The summed E-state index contributed by atoms with van der Waals surface area (Å²) in [5.74, 6) is 0.866. The van der Waals surface area contributed by atoms with Gasteiger partial charge in [-0.3, -0.25) is 0 Å². The summed E-state index contributed by atoms with van der Waals surface area (Å²) in [6, 6.07) is 16.4. The predicted octanol–water partition coefficient (Wildman–Crippen LogP) is 3.58. The van der Waals surface area contributed by atoms with Crippen molar-refractivity contribution in [3.8, 4) is 5.75 Å². The number of thioether (sulfide) groups is 1. The SMILES string of the molecule is COc1ccccc1CNC(=S)NCc1ccc(SC)cc1. The smallest absolute Gasteiger partial charge is 0.166 e. The average Bonchev–Trinajstić information content (AvgIpc) is 2.58. The Bertz CT molecular complexity index is 614. The summed E-state index contributed by atoms with van der Waals surface area (Å²) in [7, 11) is 1.67. The van der Waals surface area contributed by atoms with Crippen LogP contribution in [0.15, 0.2) is 53.4 Å². The highest BCUT2D eigenvalue weighted by atomic mass is 32.2. The van der Waals surface area contributed by atoms with Crippen molar-refractivity contribution in [2.75, 3.05) is 13.4 Å². The standard InChI is InChI=1S/C17H20N2OS2/c1-20-16-6-4-3-5-14(16)12-19-17(21)18-11-13-7-9-15(22-2)10-8-13/h3-10H,11-12H2,1-2H3,(H2,18,19,21). The monoisotopic (exact) mass is 332 g/mol. The Kier molecular flexibility index (Phi) is 6.55. The molecule has 22 heavy (non-hydrogen) atoms. The molecule has 0 amide bonds. The first-order chi connectivity index (χ1) is 10.7. The average molecular weight is 332 g/mol. The van der Waals surface area contributed by atoms with Gasteiger partial charge in [0.15, 0.2) is 5.11 Å². The number of thiocarbonyl (C=S) groups is 1. The number of hydrogen-bond donors (Lipinski definition) is 2. The van der Waals surface area contributed by atoms with Gasteiger partial charge in [-0.05, 0) is 42.2 Å². The number of methoxy groups -OCH3 is 1. The van der Waals surface area contributed by atoms with Crippen LogP contribution in [-0.4, -0.2) is 18.5 Å². The Labute approximate surface area is 141 Å². The molecule has 0 aromatic heterocycles. The quantitative estimate of drug-likeness (QED) is 0.624. The fraction of sp³-hybridized carbons (Fsp3) is 0.235. The van der Waals surface area contributed by atoms with Crippen LogP contribution in [0.4, 0.5) is 0 Å². The molecule has 0 aliphatic carbocycles. The second-order valence-electron chi connectivity index (χ2n) is 4.70. The van der Waals surface area contributed by atoms with Crippen LogP contribution in [0.2, 0.25) is 0 Å². The largest absolute Gasteiger partial charge is 0.496 e. The van der Waals surface area contributed by atoms with Crippen molar-refractivity contribution in [1.82, 2.24) is 10.6 Å². The number of para-hydroxylation sites is 1. The van der Waals surface area contributed by atoms with E-state index in [4.69, 9.17) is 17.0 Å². The first-order valence-electron chi connectivity index (χ1n) is 6.99. The molecular weight excluding hydrogens is 312 g/mol. The zero-order chi connectivity index (χ0) is 15.8. The molecule has 0 saturated heterocycles. The molecule has 116 valence electrons. The molecule has 0 aliphatic heterocycles. The zero-order valence-corrected chi connectivity index (χ0v) is 14.4. The minimum absolute atomic E-state index is 0.639. The first-order valence-corrected chi connectivity index (χ1v) is 8.62. The molecule has 0 radical (unpaired) electrons. The van der Waals surface area contributed by atoms with Crippen molar-refractivity contribution in [2.24, 2.45) is 0 Å². The molecule has 0 bridgehead atoms. The lowest BCUT2D eigenvalue weighted by atomic mass is 10.2. The molecule has 0 spiro atoms. The van der Waals surface area contributed by atoms with Gasteiger partial charge in [-0.1, -0.05) is 30.3 Å². The molecule has 0 saturated carbocycles. The predicted molar refractivity (Wildman–Crippen MR) is 97.5 cm³/mol. The minimum atomic E-state index is 0.639. The van der Waals surface area contributed by atoms with E-state index in [1.54, 1.807) is 18.9 Å². The number of nitrogens with one attached hydrogen (secondary N) is 2. The Hall–Kier alpha value is -1.72. The summed E-state index contributed by atoms with van der Waals surface area (Å²) >= 11 is 7.05. The molecule has 2 N–H and O–H groups in total. The normalized spacial score (nSPS) is 10.1. The second-order valence-corrected chi connectivity index (χ2v) is 5.98. The van der Waals surface area contributed by atoms with Crippen LogP contribution < -0.4 is 15.4 Å². The summed E-state index contributed by atoms with van der Waals surface area (Å²) in [5, 5.41) is 7.06. The van der Waals surface area contributed by atoms with Crippen molar-refractivity contribution in [1.29, 1.82) is 0 Å². The summed E-state index contributed by atoms with van der Waals surface area (Å²) in [6.07, 6.45) is 2.07. The van der Waals surface area contributed by atoms with E-state index in [2.05, 4.69) is 41.2 Å². The topological polar surface area (TPSA) is 33.3 Å². The summed E-state index contributed by atoms with van der Waals surface area (Å²) < 4.78 is 5.32. The Balaban J connectivity index is 1.80. The molecule has 5 heteroatoms. The van der Waals surface area contributed by atoms with Gasteiger partial charge in [-0.15, -0.1) is 11.8 Å². The molecule has 0 aliphatic rings. The van der Waals surface area contributed by atoms with E-state index >= 15 is 0 Å². The third-order valence-electron chi connectivity index (χ3n) is 3.24. The van der Waals surface area contributed by atoms with Gasteiger partial charge in [0.05, 0.1) is 7.11 Å². The molecule has 2 aromatic rings. The maximum absolute atomic E-state index is 5.32. The van der Waals surface area contributed by atoms with Gasteiger partial charge in [-0.25, -0.2) is 0 Å². The minimum Gasteiger partial charge on any atom is -0.496 e. The lowest BCUT2D eigenvalue weighted by Crippen LogP contribution is -2.34. The van der Waals surface area contributed by atoms with Crippen LogP contribution in [0.3, 0.4) is 0 Å². The van der Waals surface area contributed by atoms with Crippen molar-refractivity contribution >= 4 is 29.1 Å². The molecule has 0 heterocycles. The van der Waals surface area contributed by atoms with E-state index in [0.29, 0.717) is 18.2 Å². The lowest BCUT2D eigenvalue weighted by Gasteiger charge is -2.12. The van der Waals surface area contributed by atoms with Gasteiger partial charge >= 0.3 is 0 Å². The second kappa shape index (κ2) is 8.66. The van der Waals surface area contributed by atoms with Crippen molar-refractivity contribution in [3.63, 3.8) is 0 Å². The summed E-state index contributed by atoms with van der Waals surface area (Å²) in [6.45, 7) is 1.35. The van der Waals surface area contributed by atoms with Crippen molar-refractivity contribution in [2.45, 2.75) is 18.0 Å². The van der Waals surface area contributed by atoms with E-state index in [-0.39, 0.29) is 0 Å². The van der Waals surface area contributed by atoms with Gasteiger partial charge in [0.2, 0.25) is 0 Å². The molecule has 2 aromatic carbocycles. The number of rotatable bonds is 6. The molecule has 0 unspecified atom stereocenters. The fourth-order valence-electron chi connectivity index (χ4n) is 2.01. The van der Waals surface area contributed by atoms with Crippen LogP contribution in [-0.2, 0) is 13.1 Å². The Morgan fingerprint density at radius 1 is 1.05 bits per heavy atom. The number of benzene rings is 2. The Morgan fingerprint density at radius 3 is 2.41 bits per heavy atom. The fourth-order valence-corrected chi connectivity index (χ4v) is 2.57. The zero-order valence-electron chi connectivity index (χ0n) is 12.8. The maximum Gasteiger partial charge on any atom is 0.166 e. The van der Waals surface area contributed by atoms with Gasteiger partial charge in [0.25, 0.3) is 0 Å². The van der Waals surface area contributed by atoms with E-state index in [1.165, 1.54) is 10.5 Å². The van der Waals surface area contributed by atoms with Crippen LogP contribution in [0.1, 0.15) is 11.1 Å². The summed E-state index contributed by atoms with van der Waals surface area (Å²) in [4.78, 5) is 1.26. The van der Waals surface area contributed by atoms with Crippen LogP contribution >= 0.6 is 24.0 Å². The molecular formula is C17H20N2OS2. The highest BCUT2D eigenvalue weighted by Gasteiger charge is 2.02. The van der Waals surface area contributed by atoms with E-state index in [0.717, 1.165) is 11.3 Å². The van der Waals surface area contributed by atoms with Gasteiger partial charge in [0, 0.05) is 23.5 Å². The number of hydrogen-bond acceptors (Lipinski definition) is 3. The Morgan fingerprint density at radius 2 is 1.73 bits per heavy atom. The molecule has 0 fully saturated rings. The van der Waals surface area contributed by atoms with E-state index < -0.39 is 0 Å². The van der Waals surface area contributed by atoms with E-state index in [9.17, 15) is 0 Å². The van der Waals surface area contributed by atoms with Crippen LogP contribution in [0.25, 0.3) is 0 Å². The highest BCUT2D eigenvalue weighted by Crippen LogP contribution is 2.17. The first kappa shape index (κ1) is 16.6. The van der Waals surface area contributed by atoms with Gasteiger partial charge in [0.1, 0.15) is 5.75 Å². The summed E-state index contributed by atoms with van der Waals surface area (Å²) in [5.41, 5.74) is 2.29. The highest BCUT2D eigenvalue weighted by molar-refractivity contribution is 7.98. The molecule has 3 nitrogen and oxygen atoms in total. The van der Waals surface area contributed by atoms with E-state index in [1.807, 2.05) is 24.3 Å². The van der Waals surface area contributed by atoms with Crippen molar-refractivity contribution in [3.05, 3.63) is 59.7 Å². The molecule has 0 atom stereocenters. The lowest BCUT2D eigenvalue weighted by molar-refractivity contribution is 0.409. The maximum atomic E-state index is 5.32. The van der Waals surface area contributed by atoms with Crippen LogP contribution in [0, 0.1) is 0 Å².